The van der Waals surface area contributed by atoms with Gasteiger partial charge in [-0.05, 0) is 47.1 Å². The van der Waals surface area contributed by atoms with Crippen LogP contribution < -0.4 is 10.6 Å². The molecule has 0 spiro atoms. The van der Waals surface area contributed by atoms with Crippen LogP contribution in [0.2, 0.25) is 0 Å². The van der Waals surface area contributed by atoms with Crippen molar-refractivity contribution in [3.63, 3.8) is 0 Å². The molecule has 5 heteroatoms. The summed E-state index contributed by atoms with van der Waals surface area (Å²) in [5.41, 5.74) is -0.545. The Kier molecular flexibility index (Phi) is 4.06. The van der Waals surface area contributed by atoms with Crippen molar-refractivity contribution in [3.05, 3.63) is 0 Å². The number of hydrogen-bond acceptors (Lipinski definition) is 4. The molecule has 110 valence electrons. The third-order valence-corrected chi connectivity index (χ3v) is 4.14. The molecule has 0 aromatic carbocycles. The number of nitrogens with one attached hydrogen (secondary N) is 2. The minimum absolute atomic E-state index is 0.107. The van der Waals surface area contributed by atoms with Crippen molar-refractivity contribution in [3.8, 4) is 0 Å². The first-order valence-electron chi connectivity index (χ1n) is 7.25. The molecule has 0 radical (unpaired) electrons. The van der Waals surface area contributed by atoms with Gasteiger partial charge in [0.25, 0.3) is 0 Å². The third kappa shape index (κ3) is 3.39. The van der Waals surface area contributed by atoms with Crippen LogP contribution in [0.25, 0.3) is 0 Å². The van der Waals surface area contributed by atoms with Crippen molar-refractivity contribution in [1.29, 1.82) is 0 Å². The lowest BCUT2D eigenvalue weighted by molar-refractivity contribution is 0.0100. The van der Waals surface area contributed by atoms with Crippen LogP contribution in [0.1, 0.15) is 40.0 Å². The van der Waals surface area contributed by atoms with E-state index in [1.54, 1.807) is 0 Å². The topological polar surface area (TPSA) is 53.6 Å². The molecule has 1 heterocycles. The summed E-state index contributed by atoms with van der Waals surface area (Å²) in [5, 5.41) is 6.57. The maximum absolute atomic E-state index is 12.0. The minimum atomic E-state index is -0.439. The van der Waals surface area contributed by atoms with Crippen LogP contribution in [0.3, 0.4) is 0 Å². The number of carbonyl (C=O) groups excluding carboxylic acids is 1. The van der Waals surface area contributed by atoms with Crippen molar-refractivity contribution >= 4 is 6.09 Å². The standard InChI is InChI=1S/C14H27N3O2/c1-13(2,3)19-12(18)16-14(6-5-7-14)11-10-15-8-9-17(11)4/h11,15H,5-10H2,1-4H3,(H,16,18). The molecule has 1 saturated heterocycles. The van der Waals surface area contributed by atoms with E-state index in [9.17, 15) is 4.79 Å². The molecule has 0 aromatic rings. The summed E-state index contributed by atoms with van der Waals surface area (Å²) in [6, 6.07) is 0.363. The number of carbonyl (C=O) groups is 1. The molecule has 19 heavy (non-hydrogen) atoms. The van der Waals surface area contributed by atoms with Gasteiger partial charge in [-0.3, -0.25) is 4.90 Å². The van der Waals surface area contributed by atoms with Crippen molar-refractivity contribution in [2.75, 3.05) is 26.7 Å². The molecule has 2 aliphatic rings. The van der Waals surface area contributed by atoms with Gasteiger partial charge in [-0.25, -0.2) is 4.79 Å². The average Bonchev–Trinajstić information content (AvgIpc) is 2.22. The molecule has 2 rings (SSSR count). The van der Waals surface area contributed by atoms with E-state index in [1.807, 2.05) is 20.8 Å². The first-order chi connectivity index (χ1) is 8.82. The van der Waals surface area contributed by atoms with E-state index >= 15 is 0 Å². The molecule has 1 aliphatic carbocycles. The Labute approximate surface area is 116 Å². The van der Waals surface area contributed by atoms with Gasteiger partial charge in [-0.2, -0.15) is 0 Å². The molecule has 0 bridgehead atoms. The quantitative estimate of drug-likeness (QED) is 0.794. The Hall–Kier alpha value is -0.810. The number of alkyl carbamates (subject to hydrolysis) is 1. The maximum Gasteiger partial charge on any atom is 0.408 e. The molecular weight excluding hydrogens is 242 g/mol. The summed E-state index contributed by atoms with van der Waals surface area (Å²) in [6.07, 6.45) is 2.98. The lowest BCUT2D eigenvalue weighted by Crippen LogP contribution is -2.70. The number of hydrogen-bond donors (Lipinski definition) is 2. The Bertz CT molecular complexity index is 334. The summed E-state index contributed by atoms with van der Waals surface area (Å²) in [4.78, 5) is 14.4. The van der Waals surface area contributed by atoms with Crippen LogP contribution in [0, 0.1) is 0 Å². The van der Waals surface area contributed by atoms with Crippen LogP contribution in [-0.4, -0.2) is 54.9 Å². The number of amides is 1. The van der Waals surface area contributed by atoms with Gasteiger partial charge in [-0.15, -0.1) is 0 Å². The van der Waals surface area contributed by atoms with Gasteiger partial charge in [0.2, 0.25) is 0 Å². The van der Waals surface area contributed by atoms with Gasteiger partial charge >= 0.3 is 6.09 Å². The summed E-state index contributed by atoms with van der Waals surface area (Å²) < 4.78 is 5.41. The molecule has 1 aliphatic heterocycles. The minimum Gasteiger partial charge on any atom is -0.444 e. The second-order valence-electron chi connectivity index (χ2n) is 6.84. The van der Waals surface area contributed by atoms with Crippen molar-refractivity contribution < 1.29 is 9.53 Å². The van der Waals surface area contributed by atoms with E-state index < -0.39 is 5.60 Å². The van der Waals surface area contributed by atoms with Gasteiger partial charge in [0.05, 0.1) is 5.54 Å². The van der Waals surface area contributed by atoms with Crippen LogP contribution in [0.5, 0.6) is 0 Å². The zero-order chi connectivity index (χ0) is 14.1. The highest BCUT2D eigenvalue weighted by Gasteiger charge is 2.48. The molecule has 1 amide bonds. The number of likely N-dealkylation sites (N-methyl/N-ethyl adjacent to an activating group) is 1. The normalized spacial score (nSPS) is 27.5. The summed E-state index contributed by atoms with van der Waals surface area (Å²) in [5.74, 6) is 0. The summed E-state index contributed by atoms with van der Waals surface area (Å²) >= 11 is 0. The predicted octanol–water partition coefficient (Wildman–Crippen LogP) is 1.34. The Balaban J connectivity index is 2.00. The molecule has 1 atom stereocenters. The first-order valence-corrected chi connectivity index (χ1v) is 7.25. The highest BCUT2D eigenvalue weighted by atomic mass is 16.6. The van der Waals surface area contributed by atoms with Crippen LogP contribution in [0.15, 0.2) is 0 Å². The van der Waals surface area contributed by atoms with Crippen LogP contribution in [0.4, 0.5) is 4.79 Å². The number of nitrogens with zero attached hydrogens (tertiary/aromatic N) is 1. The van der Waals surface area contributed by atoms with E-state index in [2.05, 4.69) is 22.6 Å². The summed E-state index contributed by atoms with van der Waals surface area (Å²) in [7, 11) is 2.14. The van der Waals surface area contributed by atoms with Crippen LogP contribution in [-0.2, 0) is 4.74 Å². The molecule has 1 saturated carbocycles. The smallest absolute Gasteiger partial charge is 0.408 e. The van der Waals surface area contributed by atoms with E-state index in [1.165, 1.54) is 6.42 Å². The maximum atomic E-state index is 12.0. The molecule has 0 aromatic heterocycles. The highest BCUT2D eigenvalue weighted by molar-refractivity contribution is 5.69. The zero-order valence-corrected chi connectivity index (χ0v) is 12.6. The van der Waals surface area contributed by atoms with E-state index in [-0.39, 0.29) is 11.6 Å². The van der Waals surface area contributed by atoms with Crippen LogP contribution >= 0.6 is 0 Å². The SMILES string of the molecule is CN1CCNCC1C1(NC(=O)OC(C)(C)C)CCC1. The van der Waals surface area contributed by atoms with E-state index in [4.69, 9.17) is 4.74 Å². The van der Waals surface area contributed by atoms with Gasteiger partial charge in [0.1, 0.15) is 5.60 Å². The molecule has 1 unspecified atom stereocenters. The fraction of sp³-hybridized carbons (Fsp3) is 0.929. The Morgan fingerprint density at radius 1 is 1.42 bits per heavy atom. The number of ether oxygens (including phenoxy) is 1. The van der Waals surface area contributed by atoms with Gasteiger partial charge in [-0.1, -0.05) is 0 Å². The third-order valence-electron chi connectivity index (χ3n) is 4.14. The fourth-order valence-electron chi connectivity index (χ4n) is 3.03. The number of piperazine rings is 1. The Morgan fingerprint density at radius 2 is 2.11 bits per heavy atom. The van der Waals surface area contributed by atoms with E-state index in [0.29, 0.717) is 6.04 Å². The molecule has 5 nitrogen and oxygen atoms in total. The van der Waals surface area contributed by atoms with Gasteiger partial charge < -0.3 is 15.4 Å². The molecular formula is C14H27N3O2. The molecule has 2 fully saturated rings. The van der Waals surface area contributed by atoms with Crippen molar-refractivity contribution in [2.24, 2.45) is 0 Å². The van der Waals surface area contributed by atoms with E-state index in [0.717, 1.165) is 32.5 Å². The van der Waals surface area contributed by atoms with Crippen molar-refractivity contribution in [2.45, 2.75) is 57.2 Å². The Morgan fingerprint density at radius 3 is 2.58 bits per heavy atom. The fourth-order valence-corrected chi connectivity index (χ4v) is 3.03. The predicted molar refractivity (Wildman–Crippen MR) is 75.2 cm³/mol. The van der Waals surface area contributed by atoms with Gasteiger partial charge in [0.15, 0.2) is 0 Å². The summed E-state index contributed by atoms with van der Waals surface area (Å²) in [6.45, 7) is 8.68. The highest BCUT2D eigenvalue weighted by Crippen LogP contribution is 2.37. The second-order valence-corrected chi connectivity index (χ2v) is 6.84. The lowest BCUT2D eigenvalue weighted by atomic mass is 9.70. The zero-order valence-electron chi connectivity index (χ0n) is 12.6. The monoisotopic (exact) mass is 269 g/mol. The second kappa shape index (κ2) is 5.29. The average molecular weight is 269 g/mol. The molecule has 2 N–H and O–H groups in total. The largest absolute Gasteiger partial charge is 0.444 e. The van der Waals surface area contributed by atoms with Gasteiger partial charge in [0, 0.05) is 25.7 Å². The lowest BCUT2D eigenvalue weighted by Gasteiger charge is -2.52. The number of rotatable bonds is 2. The first kappa shape index (κ1) is 14.6. The van der Waals surface area contributed by atoms with Crippen molar-refractivity contribution in [1.82, 2.24) is 15.5 Å².